The van der Waals surface area contributed by atoms with Gasteiger partial charge in [-0.3, -0.25) is 9.59 Å². The van der Waals surface area contributed by atoms with Gasteiger partial charge in [-0.1, -0.05) is 0 Å². The van der Waals surface area contributed by atoms with Crippen molar-refractivity contribution < 1.29 is 14.3 Å². The number of nitrogens with zero attached hydrogens (tertiary/aromatic N) is 4. The largest absolute Gasteiger partial charge is 0.452 e. The quantitative estimate of drug-likeness (QED) is 0.723. The van der Waals surface area contributed by atoms with Gasteiger partial charge in [0, 0.05) is 37.6 Å². The lowest BCUT2D eigenvalue weighted by atomic mass is 9.97. The molecule has 144 valence electrons. The van der Waals surface area contributed by atoms with Crippen LogP contribution in [-0.2, 0) is 14.3 Å². The first-order valence-electron chi connectivity index (χ1n) is 9.36. The SMILES string of the molecule is CC(OC(=O)C1CCN(c2ncccn2)CC1)C(=O)N(C(C)C)C(C)C. The van der Waals surface area contributed by atoms with E-state index < -0.39 is 6.10 Å². The van der Waals surface area contributed by atoms with Crippen LogP contribution in [0.2, 0.25) is 0 Å². The maximum absolute atomic E-state index is 12.6. The van der Waals surface area contributed by atoms with Crippen LogP contribution in [0.1, 0.15) is 47.5 Å². The second kappa shape index (κ2) is 8.96. The van der Waals surface area contributed by atoms with Crippen LogP contribution in [0, 0.1) is 5.92 Å². The van der Waals surface area contributed by atoms with Crippen LogP contribution in [0.15, 0.2) is 18.5 Å². The topological polar surface area (TPSA) is 75.6 Å². The Labute approximate surface area is 155 Å². The van der Waals surface area contributed by atoms with Crippen molar-refractivity contribution in [3.05, 3.63) is 18.5 Å². The average molecular weight is 362 g/mol. The van der Waals surface area contributed by atoms with E-state index in [-0.39, 0.29) is 29.9 Å². The van der Waals surface area contributed by atoms with Gasteiger partial charge in [0.15, 0.2) is 6.10 Å². The van der Waals surface area contributed by atoms with Gasteiger partial charge in [-0.15, -0.1) is 0 Å². The third-order valence-corrected chi connectivity index (χ3v) is 4.67. The Bertz CT molecular complexity index is 590. The van der Waals surface area contributed by atoms with Crippen LogP contribution < -0.4 is 4.90 Å². The lowest BCUT2D eigenvalue weighted by Gasteiger charge is -2.34. The van der Waals surface area contributed by atoms with Crippen LogP contribution in [0.3, 0.4) is 0 Å². The molecule has 0 aliphatic carbocycles. The molecule has 0 bridgehead atoms. The maximum Gasteiger partial charge on any atom is 0.309 e. The van der Waals surface area contributed by atoms with Gasteiger partial charge in [0.2, 0.25) is 5.95 Å². The van der Waals surface area contributed by atoms with E-state index in [4.69, 9.17) is 4.74 Å². The molecule has 0 aromatic carbocycles. The highest BCUT2D eigenvalue weighted by Gasteiger charge is 2.32. The average Bonchev–Trinajstić information content (AvgIpc) is 2.61. The zero-order valence-electron chi connectivity index (χ0n) is 16.4. The normalized spacial score (nSPS) is 16.7. The molecule has 0 radical (unpaired) electrons. The molecular formula is C19H30N4O3. The van der Waals surface area contributed by atoms with Gasteiger partial charge in [-0.2, -0.15) is 0 Å². The summed E-state index contributed by atoms with van der Waals surface area (Å²) in [6.07, 6.45) is 4.02. The smallest absolute Gasteiger partial charge is 0.309 e. The van der Waals surface area contributed by atoms with Crippen LogP contribution in [0.4, 0.5) is 5.95 Å². The third kappa shape index (κ3) is 4.93. The van der Waals surface area contributed by atoms with Gasteiger partial charge >= 0.3 is 5.97 Å². The summed E-state index contributed by atoms with van der Waals surface area (Å²) in [5.74, 6) is 0.0783. The van der Waals surface area contributed by atoms with E-state index >= 15 is 0 Å². The van der Waals surface area contributed by atoms with Gasteiger partial charge < -0.3 is 14.5 Å². The summed E-state index contributed by atoms with van der Waals surface area (Å²) in [6.45, 7) is 10.9. The molecule has 2 rings (SSSR count). The molecule has 1 aromatic rings. The molecule has 1 fully saturated rings. The number of piperidine rings is 1. The first-order chi connectivity index (χ1) is 12.3. The van der Waals surface area contributed by atoms with Crippen molar-refractivity contribution in [3.63, 3.8) is 0 Å². The lowest BCUT2D eigenvalue weighted by molar-refractivity contribution is -0.164. The zero-order valence-corrected chi connectivity index (χ0v) is 16.4. The molecule has 1 atom stereocenters. The van der Waals surface area contributed by atoms with Crippen molar-refractivity contribution in [3.8, 4) is 0 Å². The lowest BCUT2D eigenvalue weighted by Crippen LogP contribution is -2.48. The minimum absolute atomic E-state index is 0.0674. The molecule has 1 aliphatic rings. The van der Waals surface area contributed by atoms with Gasteiger partial charge in [0.05, 0.1) is 5.92 Å². The van der Waals surface area contributed by atoms with E-state index in [1.807, 2.05) is 27.7 Å². The number of anilines is 1. The second-order valence-corrected chi connectivity index (χ2v) is 7.32. The van der Waals surface area contributed by atoms with Crippen molar-refractivity contribution in [2.24, 2.45) is 5.92 Å². The van der Waals surface area contributed by atoms with Crippen molar-refractivity contribution >= 4 is 17.8 Å². The van der Waals surface area contributed by atoms with Crippen molar-refractivity contribution in [1.82, 2.24) is 14.9 Å². The predicted molar refractivity (Wildman–Crippen MR) is 99.6 cm³/mol. The number of ether oxygens (including phenoxy) is 1. The molecule has 0 spiro atoms. The number of amides is 1. The van der Waals surface area contributed by atoms with Gasteiger partial charge in [0.25, 0.3) is 5.91 Å². The number of carbonyl (C=O) groups is 2. The van der Waals surface area contributed by atoms with E-state index in [9.17, 15) is 9.59 Å². The molecule has 7 heteroatoms. The van der Waals surface area contributed by atoms with Crippen LogP contribution in [0.25, 0.3) is 0 Å². The molecule has 2 heterocycles. The zero-order chi connectivity index (χ0) is 19.3. The second-order valence-electron chi connectivity index (χ2n) is 7.32. The van der Waals surface area contributed by atoms with E-state index in [0.29, 0.717) is 31.9 Å². The first-order valence-corrected chi connectivity index (χ1v) is 9.36. The Morgan fingerprint density at radius 3 is 2.12 bits per heavy atom. The summed E-state index contributed by atoms with van der Waals surface area (Å²) in [7, 11) is 0. The Morgan fingerprint density at radius 2 is 1.62 bits per heavy atom. The molecule has 1 unspecified atom stereocenters. The predicted octanol–water partition coefficient (Wildman–Crippen LogP) is 2.27. The standard InChI is InChI=1S/C19H30N4O3/c1-13(2)23(14(3)4)17(24)15(5)26-18(25)16-7-11-22(12-8-16)19-20-9-6-10-21-19/h6,9-10,13-16H,7-8,11-12H2,1-5H3. The molecule has 0 N–H and O–H groups in total. The minimum Gasteiger partial charge on any atom is -0.452 e. The number of rotatable bonds is 6. The van der Waals surface area contributed by atoms with Gasteiger partial charge in [0.1, 0.15) is 0 Å². The number of hydrogen-bond donors (Lipinski definition) is 0. The van der Waals surface area contributed by atoms with Crippen molar-refractivity contribution in [2.45, 2.75) is 65.6 Å². The summed E-state index contributed by atoms with van der Waals surface area (Å²) in [4.78, 5) is 37.4. The summed E-state index contributed by atoms with van der Waals surface area (Å²) in [5, 5.41) is 0. The molecule has 1 saturated heterocycles. The van der Waals surface area contributed by atoms with Crippen LogP contribution in [-0.4, -0.2) is 58.0 Å². The van der Waals surface area contributed by atoms with Gasteiger partial charge in [-0.25, -0.2) is 9.97 Å². The molecule has 1 aliphatic heterocycles. The Kier molecular flexibility index (Phi) is 6.94. The third-order valence-electron chi connectivity index (χ3n) is 4.67. The van der Waals surface area contributed by atoms with Crippen molar-refractivity contribution in [1.29, 1.82) is 0 Å². The summed E-state index contributed by atoms with van der Waals surface area (Å²) >= 11 is 0. The fraction of sp³-hybridized carbons (Fsp3) is 0.684. The molecular weight excluding hydrogens is 332 g/mol. The highest BCUT2D eigenvalue weighted by atomic mass is 16.5. The molecule has 26 heavy (non-hydrogen) atoms. The number of carbonyl (C=O) groups excluding carboxylic acids is 2. The van der Waals surface area contributed by atoms with E-state index in [2.05, 4.69) is 14.9 Å². The van der Waals surface area contributed by atoms with E-state index in [1.54, 1.807) is 30.3 Å². The minimum atomic E-state index is -0.761. The fourth-order valence-electron chi connectivity index (χ4n) is 3.41. The highest BCUT2D eigenvalue weighted by Crippen LogP contribution is 2.22. The first kappa shape index (κ1) is 20.1. The molecule has 1 amide bonds. The van der Waals surface area contributed by atoms with E-state index in [0.717, 1.165) is 0 Å². The number of hydrogen-bond acceptors (Lipinski definition) is 6. The summed E-state index contributed by atoms with van der Waals surface area (Å²) in [5.41, 5.74) is 0. The monoisotopic (exact) mass is 362 g/mol. The Balaban J connectivity index is 1.87. The molecule has 7 nitrogen and oxygen atoms in total. The highest BCUT2D eigenvalue weighted by molar-refractivity contribution is 5.84. The van der Waals surface area contributed by atoms with E-state index in [1.165, 1.54) is 0 Å². The molecule has 1 aromatic heterocycles. The summed E-state index contributed by atoms with van der Waals surface area (Å²) in [6, 6.07) is 1.92. The number of esters is 1. The Hall–Kier alpha value is -2.18. The van der Waals surface area contributed by atoms with Crippen molar-refractivity contribution in [2.75, 3.05) is 18.0 Å². The van der Waals surface area contributed by atoms with Crippen LogP contribution >= 0.6 is 0 Å². The Morgan fingerprint density at radius 1 is 1.08 bits per heavy atom. The number of aromatic nitrogens is 2. The maximum atomic E-state index is 12.6. The molecule has 0 saturated carbocycles. The summed E-state index contributed by atoms with van der Waals surface area (Å²) < 4.78 is 5.49. The van der Waals surface area contributed by atoms with Gasteiger partial charge in [-0.05, 0) is 53.5 Å². The van der Waals surface area contributed by atoms with Crippen LogP contribution in [0.5, 0.6) is 0 Å². The fourth-order valence-corrected chi connectivity index (χ4v) is 3.41.